The molecule has 0 aromatic heterocycles. The van der Waals surface area contributed by atoms with Crippen LogP contribution in [0.15, 0.2) is 35.2 Å². The van der Waals surface area contributed by atoms with Crippen LogP contribution in [0.2, 0.25) is 0 Å². The van der Waals surface area contributed by atoms with Gasteiger partial charge in [0.15, 0.2) is 15.6 Å². The van der Waals surface area contributed by atoms with Gasteiger partial charge in [0, 0.05) is 12.8 Å². The fourth-order valence-electron chi connectivity index (χ4n) is 4.17. The first-order valence-corrected chi connectivity index (χ1v) is 9.23. The van der Waals surface area contributed by atoms with Gasteiger partial charge in [-0.1, -0.05) is 18.2 Å². The van der Waals surface area contributed by atoms with Crippen molar-refractivity contribution in [3.05, 3.63) is 30.3 Å². The van der Waals surface area contributed by atoms with Gasteiger partial charge in [-0.3, -0.25) is 0 Å². The Balaban J connectivity index is 1.70. The summed E-state index contributed by atoms with van der Waals surface area (Å²) in [5.41, 5.74) is -0.762. The lowest BCUT2D eigenvalue weighted by atomic mass is 9.92. The van der Waals surface area contributed by atoms with E-state index in [9.17, 15) is 8.42 Å². The standard InChI is InChI=1S/C16H20O5S/c1-15-11-16(19-7-8-20-16)10-12(21-15)9-14(15)22(17,18)13-5-3-2-4-6-13/h2-6,12,14H,7-11H2,1H3/t12-,14+,15-/m1/s1. The molecule has 1 aromatic rings. The van der Waals surface area contributed by atoms with Gasteiger partial charge in [-0.25, -0.2) is 8.42 Å². The molecule has 1 aromatic carbocycles. The Labute approximate surface area is 130 Å². The van der Waals surface area contributed by atoms with Gasteiger partial charge in [0.25, 0.3) is 0 Å². The summed E-state index contributed by atoms with van der Waals surface area (Å²) in [5.74, 6) is -0.654. The molecular formula is C16H20O5S. The van der Waals surface area contributed by atoms with E-state index in [4.69, 9.17) is 14.2 Å². The van der Waals surface area contributed by atoms with Crippen LogP contribution in [-0.2, 0) is 24.0 Å². The zero-order valence-corrected chi connectivity index (χ0v) is 13.3. The van der Waals surface area contributed by atoms with Crippen molar-refractivity contribution in [1.29, 1.82) is 0 Å². The van der Waals surface area contributed by atoms with Crippen LogP contribution >= 0.6 is 0 Å². The maximum Gasteiger partial charge on any atom is 0.184 e. The first-order chi connectivity index (χ1) is 10.4. The number of hydrogen-bond donors (Lipinski definition) is 0. The van der Waals surface area contributed by atoms with Crippen molar-refractivity contribution in [3.8, 4) is 0 Å². The average Bonchev–Trinajstić information content (AvgIpc) is 3.02. The van der Waals surface area contributed by atoms with Crippen molar-refractivity contribution >= 4 is 9.84 Å². The first-order valence-electron chi connectivity index (χ1n) is 7.68. The zero-order valence-electron chi connectivity index (χ0n) is 12.5. The SMILES string of the molecule is C[C@@]12CC3(C[C@@H](C[C@@H]1S(=O)(=O)c1ccccc1)O2)OCCO3. The fourth-order valence-corrected chi connectivity index (χ4v) is 6.30. The predicted molar refractivity (Wildman–Crippen MR) is 79.2 cm³/mol. The molecule has 0 radical (unpaired) electrons. The van der Waals surface area contributed by atoms with E-state index < -0.39 is 26.5 Å². The molecule has 0 amide bonds. The number of hydrogen-bond acceptors (Lipinski definition) is 5. The van der Waals surface area contributed by atoms with Gasteiger partial charge in [-0.05, 0) is 25.5 Å². The molecule has 1 spiro atoms. The van der Waals surface area contributed by atoms with Gasteiger partial charge < -0.3 is 14.2 Å². The summed E-state index contributed by atoms with van der Waals surface area (Å²) in [7, 11) is -3.43. The minimum atomic E-state index is -3.43. The number of benzene rings is 1. The van der Waals surface area contributed by atoms with Gasteiger partial charge in [0.05, 0.1) is 35.1 Å². The lowest BCUT2D eigenvalue weighted by Gasteiger charge is -2.42. The Hall–Kier alpha value is -0.950. The monoisotopic (exact) mass is 324 g/mol. The summed E-state index contributed by atoms with van der Waals surface area (Å²) in [6.45, 7) is 3.02. The molecule has 2 bridgehead atoms. The van der Waals surface area contributed by atoms with Crippen LogP contribution in [0.3, 0.4) is 0 Å². The second kappa shape index (κ2) is 4.77. The van der Waals surface area contributed by atoms with E-state index in [2.05, 4.69) is 0 Å². The Morgan fingerprint density at radius 2 is 1.82 bits per heavy atom. The quantitative estimate of drug-likeness (QED) is 0.832. The van der Waals surface area contributed by atoms with Crippen molar-refractivity contribution in [1.82, 2.24) is 0 Å². The molecular weight excluding hydrogens is 304 g/mol. The molecule has 120 valence electrons. The van der Waals surface area contributed by atoms with E-state index in [1.807, 2.05) is 13.0 Å². The molecule has 3 fully saturated rings. The predicted octanol–water partition coefficient (Wildman–Crippen LogP) is 1.91. The van der Waals surface area contributed by atoms with Crippen molar-refractivity contribution in [2.24, 2.45) is 0 Å². The molecule has 4 rings (SSSR count). The summed E-state index contributed by atoms with van der Waals surface area (Å²) < 4.78 is 43.7. The maximum atomic E-state index is 13.0. The second-order valence-electron chi connectivity index (χ2n) is 6.62. The van der Waals surface area contributed by atoms with Crippen LogP contribution in [0.5, 0.6) is 0 Å². The van der Waals surface area contributed by atoms with Gasteiger partial charge in [0.2, 0.25) is 0 Å². The minimum absolute atomic E-state index is 0.125. The van der Waals surface area contributed by atoms with Crippen LogP contribution in [0, 0.1) is 0 Å². The normalized spacial score (nSPS) is 36.8. The molecule has 3 aliphatic rings. The van der Waals surface area contributed by atoms with Crippen LogP contribution in [0.25, 0.3) is 0 Å². The highest BCUT2D eigenvalue weighted by Gasteiger charge is 2.61. The van der Waals surface area contributed by atoms with Crippen molar-refractivity contribution in [2.45, 2.75) is 53.8 Å². The number of fused-ring (bicyclic) bond motifs is 2. The molecule has 0 unspecified atom stereocenters. The number of rotatable bonds is 2. The summed E-state index contributed by atoms with van der Waals surface area (Å²) in [6.07, 6.45) is 1.46. The summed E-state index contributed by atoms with van der Waals surface area (Å²) >= 11 is 0. The third-order valence-electron chi connectivity index (χ3n) is 5.01. The zero-order chi connectivity index (χ0) is 15.4. The molecule has 3 atom stereocenters. The third-order valence-corrected chi connectivity index (χ3v) is 7.38. The van der Waals surface area contributed by atoms with Crippen LogP contribution in [0.4, 0.5) is 0 Å². The Morgan fingerprint density at radius 3 is 2.50 bits per heavy atom. The molecule has 0 N–H and O–H groups in total. The highest BCUT2D eigenvalue weighted by atomic mass is 32.2. The summed E-state index contributed by atoms with van der Waals surface area (Å²) in [6, 6.07) is 8.63. The third kappa shape index (κ3) is 2.12. The second-order valence-corrected chi connectivity index (χ2v) is 8.75. The molecule has 3 heterocycles. The lowest BCUT2D eigenvalue weighted by Crippen LogP contribution is -2.51. The van der Waals surface area contributed by atoms with Gasteiger partial charge in [0.1, 0.15) is 0 Å². The molecule has 5 nitrogen and oxygen atoms in total. The fraction of sp³-hybridized carbons (Fsp3) is 0.625. The van der Waals surface area contributed by atoms with Gasteiger partial charge >= 0.3 is 0 Å². The highest BCUT2D eigenvalue weighted by molar-refractivity contribution is 7.92. The smallest absolute Gasteiger partial charge is 0.184 e. The van der Waals surface area contributed by atoms with E-state index in [1.54, 1.807) is 24.3 Å². The number of sulfone groups is 1. The van der Waals surface area contributed by atoms with E-state index >= 15 is 0 Å². The number of ether oxygens (including phenoxy) is 3. The van der Waals surface area contributed by atoms with Crippen molar-refractivity contribution < 1.29 is 22.6 Å². The van der Waals surface area contributed by atoms with E-state index in [0.717, 1.165) is 0 Å². The van der Waals surface area contributed by atoms with Crippen molar-refractivity contribution in [3.63, 3.8) is 0 Å². The van der Waals surface area contributed by atoms with E-state index in [1.165, 1.54) is 0 Å². The molecule has 3 saturated heterocycles. The minimum Gasteiger partial charge on any atom is -0.370 e. The average molecular weight is 324 g/mol. The summed E-state index contributed by atoms with van der Waals surface area (Å²) in [5, 5.41) is -0.556. The molecule has 3 aliphatic heterocycles. The van der Waals surface area contributed by atoms with E-state index in [0.29, 0.717) is 37.4 Å². The molecule has 6 heteroatoms. The largest absolute Gasteiger partial charge is 0.370 e. The topological polar surface area (TPSA) is 61.8 Å². The Bertz CT molecular complexity index is 665. The first kappa shape index (κ1) is 14.6. The molecule has 22 heavy (non-hydrogen) atoms. The van der Waals surface area contributed by atoms with Crippen LogP contribution in [0.1, 0.15) is 26.2 Å². The van der Waals surface area contributed by atoms with Crippen molar-refractivity contribution in [2.75, 3.05) is 13.2 Å². The van der Waals surface area contributed by atoms with Crippen LogP contribution in [-0.4, -0.2) is 44.4 Å². The Morgan fingerprint density at radius 1 is 1.14 bits per heavy atom. The van der Waals surface area contributed by atoms with Gasteiger partial charge in [-0.15, -0.1) is 0 Å². The van der Waals surface area contributed by atoms with E-state index in [-0.39, 0.29) is 6.10 Å². The highest BCUT2D eigenvalue weighted by Crippen LogP contribution is 2.51. The summed E-state index contributed by atoms with van der Waals surface area (Å²) in [4.78, 5) is 0.361. The van der Waals surface area contributed by atoms with Crippen LogP contribution < -0.4 is 0 Å². The molecule has 0 aliphatic carbocycles. The van der Waals surface area contributed by atoms with Gasteiger partial charge in [-0.2, -0.15) is 0 Å². The molecule has 0 saturated carbocycles. The maximum absolute atomic E-state index is 13.0. The Kier molecular flexibility index (Phi) is 3.17. The lowest BCUT2D eigenvalue weighted by molar-refractivity contribution is -0.246.